The molecule has 7 heteroatoms. The highest BCUT2D eigenvalue weighted by atomic mass is 19.1. The minimum absolute atomic E-state index is 0.00922. The van der Waals surface area contributed by atoms with Crippen molar-refractivity contribution in [3.05, 3.63) is 29.8 Å². The van der Waals surface area contributed by atoms with Crippen LogP contribution in [0, 0.1) is 11.7 Å². The number of aromatic nitrogens is 1. The number of halogens is 1. The number of hydrogen-bond donors (Lipinski definition) is 1. The Balaban J connectivity index is 1.72. The number of likely N-dealkylation sites (N-methyl/N-ethyl adjacent to an activating group) is 2. The van der Waals surface area contributed by atoms with Gasteiger partial charge in [-0.1, -0.05) is 0 Å². The van der Waals surface area contributed by atoms with E-state index in [0.717, 1.165) is 12.6 Å². The maximum Gasteiger partial charge on any atom is 0.257 e. The van der Waals surface area contributed by atoms with Gasteiger partial charge < -0.3 is 10.2 Å². The second-order valence-corrected chi connectivity index (χ2v) is 5.92. The zero-order valence-electron chi connectivity index (χ0n) is 12.6. The number of rotatable bonds is 2. The van der Waals surface area contributed by atoms with Crippen molar-refractivity contribution in [1.82, 2.24) is 20.1 Å². The molecule has 6 nitrogen and oxygen atoms in total. The summed E-state index contributed by atoms with van der Waals surface area (Å²) < 4.78 is 13.7. The van der Waals surface area contributed by atoms with Gasteiger partial charge in [0.25, 0.3) is 5.91 Å². The van der Waals surface area contributed by atoms with E-state index >= 15 is 0 Å². The first kappa shape index (κ1) is 14.9. The number of likely N-dealkylation sites (tertiary alicyclic amines) is 2. The Morgan fingerprint density at radius 2 is 2.18 bits per heavy atom. The summed E-state index contributed by atoms with van der Waals surface area (Å²) in [6.45, 7) is 1.08. The number of amides is 2. The molecule has 2 amide bonds. The number of pyridine rings is 1. The van der Waals surface area contributed by atoms with Crippen molar-refractivity contribution in [2.24, 2.45) is 5.92 Å². The standard InChI is InChI=1S/C15H19FN4O2/c1-17-14(21)12-5-9-7-20(8-13(9)19(12)2)15(22)10-3-4-18-6-11(10)16/h3-4,6,9,12-13H,5,7-8H2,1-2H3,(H,17,21)/t9-,12-,13+/m0/s1. The summed E-state index contributed by atoms with van der Waals surface area (Å²) in [7, 11) is 3.54. The van der Waals surface area contributed by atoms with Gasteiger partial charge in [-0.05, 0) is 25.5 Å². The summed E-state index contributed by atoms with van der Waals surface area (Å²) in [5, 5.41) is 2.68. The normalized spacial score (nSPS) is 27.8. The van der Waals surface area contributed by atoms with E-state index < -0.39 is 5.82 Å². The van der Waals surface area contributed by atoms with Crippen molar-refractivity contribution in [2.45, 2.75) is 18.5 Å². The fourth-order valence-corrected chi connectivity index (χ4v) is 3.57. The highest BCUT2D eigenvalue weighted by molar-refractivity contribution is 5.94. The number of carbonyl (C=O) groups excluding carboxylic acids is 2. The molecule has 2 fully saturated rings. The van der Waals surface area contributed by atoms with Crippen molar-refractivity contribution < 1.29 is 14.0 Å². The van der Waals surface area contributed by atoms with Crippen LogP contribution in [0.3, 0.4) is 0 Å². The van der Waals surface area contributed by atoms with Crippen molar-refractivity contribution in [1.29, 1.82) is 0 Å². The predicted molar refractivity (Wildman–Crippen MR) is 77.6 cm³/mol. The number of hydrogen-bond acceptors (Lipinski definition) is 4. The minimum Gasteiger partial charge on any atom is -0.358 e. The van der Waals surface area contributed by atoms with Gasteiger partial charge in [0.05, 0.1) is 17.8 Å². The summed E-state index contributed by atoms with van der Waals surface area (Å²) in [5.41, 5.74) is 0.0560. The SMILES string of the molecule is CNC(=O)[C@@H]1C[C@H]2CN(C(=O)c3ccncc3F)C[C@H]2N1C. The molecule has 0 bridgehead atoms. The van der Waals surface area contributed by atoms with Gasteiger partial charge in [0.1, 0.15) is 0 Å². The zero-order chi connectivity index (χ0) is 15.9. The first-order valence-electron chi connectivity index (χ1n) is 7.35. The maximum absolute atomic E-state index is 13.7. The first-order valence-corrected chi connectivity index (χ1v) is 7.35. The van der Waals surface area contributed by atoms with Crippen LogP contribution in [0.25, 0.3) is 0 Å². The Morgan fingerprint density at radius 3 is 2.82 bits per heavy atom. The van der Waals surface area contributed by atoms with Gasteiger partial charge in [-0.25, -0.2) is 4.39 Å². The lowest BCUT2D eigenvalue weighted by Crippen LogP contribution is -2.45. The molecular weight excluding hydrogens is 287 g/mol. The van der Waals surface area contributed by atoms with Gasteiger partial charge in [-0.3, -0.25) is 19.5 Å². The van der Waals surface area contributed by atoms with E-state index in [9.17, 15) is 14.0 Å². The topological polar surface area (TPSA) is 65.5 Å². The molecule has 2 aliphatic heterocycles. The molecule has 2 saturated heterocycles. The van der Waals surface area contributed by atoms with Crippen molar-refractivity contribution in [2.75, 3.05) is 27.2 Å². The molecular formula is C15H19FN4O2. The summed E-state index contributed by atoms with van der Waals surface area (Å²) in [6, 6.07) is 1.41. The summed E-state index contributed by atoms with van der Waals surface area (Å²) in [6.07, 6.45) is 3.20. The Hall–Kier alpha value is -2.02. The predicted octanol–water partition coefficient (Wildman–Crippen LogP) is 0.111. The Morgan fingerprint density at radius 1 is 1.41 bits per heavy atom. The average Bonchev–Trinajstić information content (AvgIpc) is 3.06. The van der Waals surface area contributed by atoms with E-state index in [2.05, 4.69) is 10.3 Å². The van der Waals surface area contributed by atoms with Crippen LogP contribution >= 0.6 is 0 Å². The molecule has 22 heavy (non-hydrogen) atoms. The van der Waals surface area contributed by atoms with Crippen LogP contribution in [0.5, 0.6) is 0 Å². The third kappa shape index (κ3) is 2.35. The molecule has 118 valence electrons. The third-order valence-corrected chi connectivity index (χ3v) is 4.79. The molecule has 0 unspecified atom stereocenters. The smallest absolute Gasteiger partial charge is 0.257 e. The first-order chi connectivity index (χ1) is 10.5. The third-order valence-electron chi connectivity index (χ3n) is 4.79. The second-order valence-electron chi connectivity index (χ2n) is 5.92. The van der Waals surface area contributed by atoms with E-state index in [-0.39, 0.29) is 35.4 Å². The second kappa shape index (κ2) is 5.64. The van der Waals surface area contributed by atoms with E-state index in [1.807, 2.05) is 11.9 Å². The summed E-state index contributed by atoms with van der Waals surface area (Å²) in [4.78, 5) is 31.6. The summed E-state index contributed by atoms with van der Waals surface area (Å²) in [5.74, 6) is -0.642. The van der Waals surface area contributed by atoms with Gasteiger partial charge >= 0.3 is 0 Å². The number of nitrogens with one attached hydrogen (secondary N) is 1. The lowest BCUT2D eigenvalue weighted by molar-refractivity contribution is -0.125. The average molecular weight is 306 g/mol. The van der Waals surface area contributed by atoms with E-state index in [0.29, 0.717) is 13.1 Å². The van der Waals surface area contributed by atoms with Crippen LogP contribution in [0.15, 0.2) is 18.5 Å². The largest absolute Gasteiger partial charge is 0.358 e. The van der Waals surface area contributed by atoms with Gasteiger partial charge in [0.15, 0.2) is 5.82 Å². The number of fused-ring (bicyclic) bond motifs is 1. The summed E-state index contributed by atoms with van der Waals surface area (Å²) >= 11 is 0. The minimum atomic E-state index is -0.596. The number of carbonyl (C=O) groups is 2. The highest BCUT2D eigenvalue weighted by Gasteiger charge is 2.48. The maximum atomic E-state index is 13.7. The van der Waals surface area contributed by atoms with Gasteiger partial charge in [0, 0.05) is 32.4 Å². The van der Waals surface area contributed by atoms with Crippen LogP contribution in [-0.4, -0.2) is 65.9 Å². The molecule has 1 aromatic heterocycles. The molecule has 1 N–H and O–H groups in total. The van der Waals surface area contributed by atoms with Gasteiger partial charge in [-0.2, -0.15) is 0 Å². The fraction of sp³-hybridized carbons (Fsp3) is 0.533. The van der Waals surface area contributed by atoms with Crippen molar-refractivity contribution in [3.8, 4) is 0 Å². The Bertz CT molecular complexity index is 609. The molecule has 3 heterocycles. The Labute approximate surface area is 128 Å². The van der Waals surface area contributed by atoms with Crippen LogP contribution in [0.1, 0.15) is 16.8 Å². The molecule has 1 aromatic rings. The quantitative estimate of drug-likeness (QED) is 0.842. The molecule has 0 spiro atoms. The van der Waals surface area contributed by atoms with Gasteiger partial charge in [-0.15, -0.1) is 0 Å². The van der Waals surface area contributed by atoms with E-state index in [4.69, 9.17) is 0 Å². The van der Waals surface area contributed by atoms with Gasteiger partial charge in [0.2, 0.25) is 5.91 Å². The monoisotopic (exact) mass is 306 g/mol. The van der Waals surface area contributed by atoms with Crippen LogP contribution in [-0.2, 0) is 4.79 Å². The van der Waals surface area contributed by atoms with E-state index in [1.165, 1.54) is 12.3 Å². The lowest BCUT2D eigenvalue weighted by Gasteiger charge is -2.25. The molecule has 3 atom stereocenters. The lowest BCUT2D eigenvalue weighted by atomic mass is 10.0. The number of nitrogens with zero attached hydrogens (tertiary/aromatic N) is 3. The zero-order valence-corrected chi connectivity index (χ0v) is 12.6. The molecule has 2 aliphatic rings. The molecule has 0 aromatic carbocycles. The van der Waals surface area contributed by atoms with Crippen LogP contribution in [0.4, 0.5) is 4.39 Å². The van der Waals surface area contributed by atoms with Crippen LogP contribution in [0.2, 0.25) is 0 Å². The highest BCUT2D eigenvalue weighted by Crippen LogP contribution is 2.35. The molecule has 0 saturated carbocycles. The van der Waals surface area contributed by atoms with Crippen LogP contribution < -0.4 is 5.32 Å². The molecule has 0 aliphatic carbocycles. The molecule has 3 rings (SSSR count). The molecule has 0 radical (unpaired) electrons. The van der Waals surface area contributed by atoms with E-state index in [1.54, 1.807) is 11.9 Å². The van der Waals surface area contributed by atoms with Crippen molar-refractivity contribution in [3.63, 3.8) is 0 Å². The fourth-order valence-electron chi connectivity index (χ4n) is 3.57. The van der Waals surface area contributed by atoms with Crippen molar-refractivity contribution >= 4 is 11.8 Å². The Kier molecular flexibility index (Phi) is 3.82.